The minimum Gasteiger partial charge on any atom is -0.383 e. The smallest absolute Gasteiger partial charge is 0.221 e. The van der Waals surface area contributed by atoms with Gasteiger partial charge in [-0.25, -0.2) is 0 Å². The molecule has 0 saturated carbocycles. The van der Waals surface area contributed by atoms with Crippen LogP contribution in [0.3, 0.4) is 0 Å². The van der Waals surface area contributed by atoms with Gasteiger partial charge in [-0.1, -0.05) is 6.92 Å². The summed E-state index contributed by atoms with van der Waals surface area (Å²) in [5.74, 6) is 0.0476. The maximum Gasteiger partial charge on any atom is 0.221 e. The summed E-state index contributed by atoms with van der Waals surface area (Å²) in [5.41, 5.74) is 2.31. The van der Waals surface area contributed by atoms with Crippen molar-refractivity contribution in [2.45, 2.75) is 26.3 Å². The van der Waals surface area contributed by atoms with Crippen molar-refractivity contribution in [1.29, 1.82) is 0 Å². The lowest BCUT2D eigenvalue weighted by Gasteiger charge is -2.06. The van der Waals surface area contributed by atoms with Gasteiger partial charge in [0.15, 0.2) is 0 Å². The zero-order valence-corrected chi connectivity index (χ0v) is 12.0. The molecule has 0 saturated heterocycles. The third-order valence-corrected chi connectivity index (χ3v) is 2.80. The molecule has 6 heteroatoms. The summed E-state index contributed by atoms with van der Waals surface area (Å²) in [6.07, 6.45) is 3.42. The molecule has 0 spiro atoms. The molecule has 0 radical (unpaired) electrons. The average molecular weight is 268 g/mol. The summed E-state index contributed by atoms with van der Waals surface area (Å²) in [6, 6.07) is 0. The molecular weight excluding hydrogens is 244 g/mol. The number of carbonyl (C=O) groups is 1. The first-order valence-electron chi connectivity index (χ1n) is 6.65. The standard InChI is InChI=1S/C13H24N4O2/c1-4-12-11(10-17(2)16-12)9-14-6-5-13(18)15-7-8-19-3/h10,14H,4-9H2,1-3H3,(H,15,18). The average Bonchev–Trinajstić information content (AvgIpc) is 2.75. The molecule has 0 bridgehead atoms. The van der Waals surface area contributed by atoms with Gasteiger partial charge in [0.05, 0.1) is 12.3 Å². The second-order valence-electron chi connectivity index (χ2n) is 4.40. The van der Waals surface area contributed by atoms with E-state index in [-0.39, 0.29) is 5.91 Å². The largest absolute Gasteiger partial charge is 0.383 e. The Morgan fingerprint density at radius 1 is 1.47 bits per heavy atom. The van der Waals surface area contributed by atoms with Crippen molar-refractivity contribution in [3.8, 4) is 0 Å². The fraction of sp³-hybridized carbons (Fsp3) is 0.692. The molecule has 6 nitrogen and oxygen atoms in total. The maximum atomic E-state index is 11.4. The molecule has 1 aromatic rings. The Bertz CT molecular complexity index is 390. The van der Waals surface area contributed by atoms with Gasteiger partial charge >= 0.3 is 0 Å². The van der Waals surface area contributed by atoms with Crippen molar-refractivity contribution in [3.05, 3.63) is 17.5 Å². The second kappa shape index (κ2) is 8.66. The van der Waals surface area contributed by atoms with Crippen LogP contribution < -0.4 is 10.6 Å². The molecule has 1 heterocycles. The van der Waals surface area contributed by atoms with Gasteiger partial charge < -0.3 is 15.4 Å². The molecule has 0 unspecified atom stereocenters. The fourth-order valence-electron chi connectivity index (χ4n) is 1.83. The lowest BCUT2D eigenvalue weighted by Crippen LogP contribution is -2.30. The molecular formula is C13H24N4O2. The highest BCUT2D eigenvalue weighted by Gasteiger charge is 2.05. The monoisotopic (exact) mass is 268 g/mol. The van der Waals surface area contributed by atoms with Crippen LogP contribution in [-0.2, 0) is 29.5 Å². The van der Waals surface area contributed by atoms with Crippen LogP contribution in [0.1, 0.15) is 24.6 Å². The summed E-state index contributed by atoms with van der Waals surface area (Å²) in [5, 5.41) is 10.4. The molecule has 0 aliphatic rings. The highest BCUT2D eigenvalue weighted by Crippen LogP contribution is 2.06. The quantitative estimate of drug-likeness (QED) is 0.629. The SMILES string of the molecule is CCc1nn(C)cc1CNCCC(=O)NCCOC. The minimum absolute atomic E-state index is 0.0476. The summed E-state index contributed by atoms with van der Waals surface area (Å²) >= 11 is 0. The molecule has 0 aliphatic carbocycles. The lowest BCUT2D eigenvalue weighted by molar-refractivity contribution is -0.121. The number of methoxy groups -OCH3 is 1. The van der Waals surface area contributed by atoms with E-state index in [0.717, 1.165) is 18.7 Å². The van der Waals surface area contributed by atoms with E-state index in [0.29, 0.717) is 26.1 Å². The summed E-state index contributed by atoms with van der Waals surface area (Å²) in [6.45, 7) is 4.63. The molecule has 1 rings (SSSR count). The fourth-order valence-corrected chi connectivity index (χ4v) is 1.83. The summed E-state index contributed by atoms with van der Waals surface area (Å²) in [7, 11) is 3.54. The van der Waals surface area contributed by atoms with Crippen molar-refractivity contribution >= 4 is 5.91 Å². The van der Waals surface area contributed by atoms with Gasteiger partial charge in [0.1, 0.15) is 0 Å². The number of carbonyl (C=O) groups excluding carboxylic acids is 1. The number of amides is 1. The molecule has 1 amide bonds. The lowest BCUT2D eigenvalue weighted by atomic mass is 10.2. The van der Waals surface area contributed by atoms with Crippen LogP contribution in [0.2, 0.25) is 0 Å². The van der Waals surface area contributed by atoms with Crippen LogP contribution in [0.5, 0.6) is 0 Å². The first kappa shape index (κ1) is 15.7. The topological polar surface area (TPSA) is 68.2 Å². The molecule has 108 valence electrons. The Kier molecular flexibility index (Phi) is 7.14. The Morgan fingerprint density at radius 3 is 2.95 bits per heavy atom. The van der Waals surface area contributed by atoms with E-state index >= 15 is 0 Å². The molecule has 0 aliphatic heterocycles. The Morgan fingerprint density at radius 2 is 2.26 bits per heavy atom. The normalized spacial score (nSPS) is 10.7. The highest BCUT2D eigenvalue weighted by molar-refractivity contribution is 5.75. The van der Waals surface area contributed by atoms with Crippen molar-refractivity contribution in [3.63, 3.8) is 0 Å². The van der Waals surface area contributed by atoms with E-state index < -0.39 is 0 Å². The van der Waals surface area contributed by atoms with Gasteiger partial charge in [-0.3, -0.25) is 9.48 Å². The van der Waals surface area contributed by atoms with Gasteiger partial charge in [-0.15, -0.1) is 0 Å². The molecule has 1 aromatic heterocycles. The van der Waals surface area contributed by atoms with E-state index in [2.05, 4.69) is 22.7 Å². The van der Waals surface area contributed by atoms with Gasteiger partial charge in [-0.05, 0) is 6.42 Å². The van der Waals surface area contributed by atoms with E-state index in [1.54, 1.807) is 7.11 Å². The molecule has 19 heavy (non-hydrogen) atoms. The summed E-state index contributed by atoms with van der Waals surface area (Å²) < 4.78 is 6.69. The minimum atomic E-state index is 0.0476. The molecule has 0 aromatic carbocycles. The number of nitrogens with zero attached hydrogens (tertiary/aromatic N) is 2. The second-order valence-corrected chi connectivity index (χ2v) is 4.40. The van der Waals surface area contributed by atoms with Crippen molar-refractivity contribution in [2.75, 3.05) is 26.8 Å². The predicted molar refractivity (Wildman–Crippen MR) is 73.8 cm³/mol. The van der Waals surface area contributed by atoms with Crippen molar-refractivity contribution in [2.24, 2.45) is 7.05 Å². The van der Waals surface area contributed by atoms with Crippen LogP contribution in [0.4, 0.5) is 0 Å². The summed E-state index contributed by atoms with van der Waals surface area (Å²) in [4.78, 5) is 11.4. The Labute approximate surface area is 114 Å². The predicted octanol–water partition coefficient (Wildman–Crippen LogP) is 0.225. The maximum absolute atomic E-state index is 11.4. The van der Waals surface area contributed by atoms with Gasteiger partial charge in [0, 0.05) is 52.0 Å². The Hall–Kier alpha value is -1.40. The van der Waals surface area contributed by atoms with E-state index in [9.17, 15) is 4.79 Å². The first-order valence-corrected chi connectivity index (χ1v) is 6.65. The van der Waals surface area contributed by atoms with E-state index in [4.69, 9.17) is 4.74 Å². The van der Waals surface area contributed by atoms with Crippen LogP contribution in [0.15, 0.2) is 6.20 Å². The molecule has 0 fully saturated rings. The van der Waals surface area contributed by atoms with Crippen LogP contribution >= 0.6 is 0 Å². The molecule has 2 N–H and O–H groups in total. The van der Waals surface area contributed by atoms with Crippen LogP contribution in [0, 0.1) is 0 Å². The van der Waals surface area contributed by atoms with Gasteiger partial charge in [-0.2, -0.15) is 5.10 Å². The third-order valence-electron chi connectivity index (χ3n) is 2.80. The van der Waals surface area contributed by atoms with E-state index in [1.165, 1.54) is 5.56 Å². The van der Waals surface area contributed by atoms with Crippen molar-refractivity contribution < 1.29 is 9.53 Å². The highest BCUT2D eigenvalue weighted by atomic mass is 16.5. The number of ether oxygens (including phenoxy) is 1. The zero-order valence-electron chi connectivity index (χ0n) is 12.0. The number of hydrogen-bond acceptors (Lipinski definition) is 4. The molecule has 0 atom stereocenters. The first-order chi connectivity index (χ1) is 9.17. The number of rotatable bonds is 9. The van der Waals surface area contributed by atoms with Gasteiger partial charge in [0.2, 0.25) is 5.91 Å². The van der Waals surface area contributed by atoms with Gasteiger partial charge in [0.25, 0.3) is 0 Å². The number of aryl methyl sites for hydroxylation is 2. The number of aromatic nitrogens is 2. The van der Waals surface area contributed by atoms with Crippen molar-refractivity contribution in [1.82, 2.24) is 20.4 Å². The number of hydrogen-bond donors (Lipinski definition) is 2. The third kappa shape index (κ3) is 5.85. The van der Waals surface area contributed by atoms with Crippen LogP contribution in [0.25, 0.3) is 0 Å². The van der Waals surface area contributed by atoms with Crippen LogP contribution in [-0.4, -0.2) is 42.5 Å². The zero-order chi connectivity index (χ0) is 14.1. The number of nitrogens with one attached hydrogen (secondary N) is 2. The Balaban J connectivity index is 2.18. The van der Waals surface area contributed by atoms with E-state index in [1.807, 2.05) is 17.9 Å².